The first-order valence-electron chi connectivity index (χ1n) is 7.48. The van der Waals surface area contributed by atoms with Gasteiger partial charge in [-0.25, -0.2) is 9.97 Å². The summed E-state index contributed by atoms with van der Waals surface area (Å²) in [5.41, 5.74) is 2.23. The number of thioether (sulfide) groups is 1. The number of carbonyl (C=O) groups is 1. The fourth-order valence-corrected chi connectivity index (χ4v) is 2.90. The van der Waals surface area contributed by atoms with E-state index in [1.165, 1.54) is 18.0 Å². The quantitative estimate of drug-likeness (QED) is 0.496. The van der Waals surface area contributed by atoms with Crippen molar-refractivity contribution in [3.05, 3.63) is 36.0 Å². The van der Waals surface area contributed by atoms with Crippen molar-refractivity contribution in [3.8, 4) is 0 Å². The van der Waals surface area contributed by atoms with Gasteiger partial charge in [0.15, 0.2) is 5.16 Å². The van der Waals surface area contributed by atoms with Crippen LogP contribution < -0.4 is 10.2 Å². The lowest BCUT2D eigenvalue weighted by Gasteiger charge is -2.28. The molecule has 126 valence electrons. The maximum Gasteiger partial charge on any atom is 0.257 e. The minimum absolute atomic E-state index is 0.256. The summed E-state index contributed by atoms with van der Waals surface area (Å²) in [6, 6.07) is 7.97. The molecule has 1 aliphatic heterocycles. The molecule has 1 aromatic carbocycles. The number of nitrogens with one attached hydrogen (secondary N) is 1. The average Bonchev–Trinajstić information content (AvgIpc) is 2.63. The van der Waals surface area contributed by atoms with E-state index in [0.717, 1.165) is 37.7 Å². The third kappa shape index (κ3) is 3.98. The third-order valence-corrected chi connectivity index (χ3v) is 4.43. The second-order valence-electron chi connectivity index (χ2n) is 5.16. The monoisotopic (exact) mass is 364 g/mol. The number of nitrogens with zero attached hydrogens (tertiary/aromatic N) is 3. The van der Waals surface area contributed by atoms with E-state index in [2.05, 4.69) is 20.2 Å². The van der Waals surface area contributed by atoms with E-state index in [-0.39, 0.29) is 5.56 Å². The lowest BCUT2D eigenvalue weighted by Crippen LogP contribution is -2.36. The molecule has 0 spiro atoms. The van der Waals surface area contributed by atoms with Gasteiger partial charge in [-0.15, -0.1) is 0 Å². The van der Waals surface area contributed by atoms with Crippen molar-refractivity contribution in [1.82, 2.24) is 9.97 Å². The Morgan fingerprint density at radius 1 is 1.29 bits per heavy atom. The smallest absolute Gasteiger partial charge is 0.257 e. The van der Waals surface area contributed by atoms with Crippen molar-refractivity contribution >= 4 is 45.8 Å². The summed E-state index contributed by atoms with van der Waals surface area (Å²) in [5, 5.41) is 3.13. The molecule has 0 radical (unpaired) electrons. The van der Waals surface area contributed by atoms with E-state index in [1.54, 1.807) is 0 Å². The zero-order valence-corrected chi connectivity index (χ0v) is 14.7. The van der Waals surface area contributed by atoms with Crippen LogP contribution in [0.4, 0.5) is 17.2 Å². The molecule has 1 aliphatic rings. The minimum atomic E-state index is -0.588. The zero-order valence-electron chi connectivity index (χ0n) is 13.2. The molecule has 0 unspecified atom stereocenters. The van der Waals surface area contributed by atoms with Gasteiger partial charge >= 0.3 is 0 Å². The van der Waals surface area contributed by atoms with E-state index in [4.69, 9.17) is 16.3 Å². The van der Waals surface area contributed by atoms with Crippen molar-refractivity contribution < 1.29 is 9.53 Å². The Hall–Kier alpha value is -1.83. The van der Waals surface area contributed by atoms with Crippen LogP contribution in [0.3, 0.4) is 0 Å². The molecule has 1 N–H and O–H groups in total. The van der Waals surface area contributed by atoms with Gasteiger partial charge in [0.05, 0.1) is 18.8 Å². The highest BCUT2D eigenvalue weighted by atomic mass is 35.5. The molecule has 0 amide bonds. The van der Waals surface area contributed by atoms with Crippen molar-refractivity contribution in [2.75, 3.05) is 42.8 Å². The van der Waals surface area contributed by atoms with Gasteiger partial charge in [0.25, 0.3) is 5.24 Å². The van der Waals surface area contributed by atoms with Crippen LogP contribution in [-0.2, 0) is 4.74 Å². The van der Waals surface area contributed by atoms with Gasteiger partial charge in [-0.2, -0.15) is 0 Å². The molecule has 2 aromatic rings. The van der Waals surface area contributed by atoms with Crippen LogP contribution in [0.5, 0.6) is 0 Å². The Morgan fingerprint density at radius 2 is 2.00 bits per heavy atom. The van der Waals surface area contributed by atoms with Gasteiger partial charge in [-0.3, -0.25) is 4.79 Å². The molecule has 1 aromatic heterocycles. The Labute approximate surface area is 149 Å². The molecular weight excluding hydrogens is 348 g/mol. The van der Waals surface area contributed by atoms with Gasteiger partial charge in [0.1, 0.15) is 5.82 Å². The molecule has 0 atom stereocenters. The Bertz CT molecular complexity index is 721. The maximum absolute atomic E-state index is 11.5. The van der Waals surface area contributed by atoms with Crippen molar-refractivity contribution in [1.29, 1.82) is 0 Å². The summed E-state index contributed by atoms with van der Waals surface area (Å²) in [6.45, 7) is 3.28. The fraction of sp³-hybridized carbons (Fsp3) is 0.312. The van der Waals surface area contributed by atoms with E-state index >= 15 is 0 Å². The van der Waals surface area contributed by atoms with Gasteiger partial charge in [-0.05, 0) is 42.1 Å². The lowest BCUT2D eigenvalue weighted by atomic mass is 10.2. The zero-order chi connectivity index (χ0) is 16.9. The molecule has 1 fully saturated rings. The number of anilines is 3. The van der Waals surface area contributed by atoms with E-state index in [0.29, 0.717) is 11.0 Å². The minimum Gasteiger partial charge on any atom is -0.378 e. The van der Waals surface area contributed by atoms with E-state index < -0.39 is 5.24 Å². The van der Waals surface area contributed by atoms with E-state index in [1.807, 2.05) is 30.5 Å². The van der Waals surface area contributed by atoms with E-state index in [9.17, 15) is 4.79 Å². The standard InChI is InChI=1S/C16H17ClN4O2S/c1-24-16-18-10-13(14(17)22)15(20-16)19-11-2-4-12(5-3-11)21-6-8-23-9-7-21/h2-5,10H,6-9H2,1H3,(H,18,19,20). The number of hydrogen-bond acceptors (Lipinski definition) is 7. The number of rotatable bonds is 5. The van der Waals surface area contributed by atoms with Gasteiger partial charge in [0, 0.05) is 30.7 Å². The molecule has 24 heavy (non-hydrogen) atoms. The predicted molar refractivity (Wildman–Crippen MR) is 96.8 cm³/mol. The number of ether oxygens (including phenoxy) is 1. The van der Waals surface area contributed by atoms with Crippen LogP contribution in [0, 0.1) is 0 Å². The molecule has 6 nitrogen and oxygen atoms in total. The second kappa shape index (κ2) is 7.83. The molecule has 0 saturated carbocycles. The second-order valence-corrected chi connectivity index (χ2v) is 6.28. The Morgan fingerprint density at radius 3 is 2.62 bits per heavy atom. The molecule has 8 heteroatoms. The van der Waals surface area contributed by atoms with Crippen LogP contribution in [0.15, 0.2) is 35.6 Å². The summed E-state index contributed by atoms with van der Waals surface area (Å²) in [7, 11) is 0. The van der Waals surface area contributed by atoms with Crippen LogP contribution >= 0.6 is 23.4 Å². The van der Waals surface area contributed by atoms with Crippen LogP contribution in [0.1, 0.15) is 10.4 Å². The third-order valence-electron chi connectivity index (χ3n) is 3.67. The van der Waals surface area contributed by atoms with Gasteiger partial charge < -0.3 is 15.0 Å². The molecule has 1 saturated heterocycles. The Kier molecular flexibility index (Phi) is 5.55. The topological polar surface area (TPSA) is 67.4 Å². The maximum atomic E-state index is 11.5. The normalized spacial score (nSPS) is 14.5. The molecule has 0 aliphatic carbocycles. The highest BCUT2D eigenvalue weighted by molar-refractivity contribution is 7.98. The first-order chi connectivity index (χ1) is 11.7. The highest BCUT2D eigenvalue weighted by Gasteiger charge is 2.14. The van der Waals surface area contributed by atoms with Crippen molar-refractivity contribution in [3.63, 3.8) is 0 Å². The van der Waals surface area contributed by atoms with Gasteiger partial charge in [-0.1, -0.05) is 11.8 Å². The fourth-order valence-electron chi connectivity index (χ4n) is 2.42. The highest BCUT2D eigenvalue weighted by Crippen LogP contribution is 2.24. The average molecular weight is 365 g/mol. The molecular formula is C16H17ClN4O2S. The summed E-state index contributed by atoms with van der Waals surface area (Å²) in [5.74, 6) is 0.411. The number of carbonyl (C=O) groups excluding carboxylic acids is 1. The molecule has 3 rings (SSSR count). The number of morpholine rings is 1. The van der Waals surface area contributed by atoms with Crippen LogP contribution in [0.25, 0.3) is 0 Å². The number of benzene rings is 1. The summed E-state index contributed by atoms with van der Waals surface area (Å²) >= 11 is 7.01. The number of hydrogen-bond donors (Lipinski definition) is 1. The number of aromatic nitrogens is 2. The summed E-state index contributed by atoms with van der Waals surface area (Å²) < 4.78 is 5.37. The largest absolute Gasteiger partial charge is 0.378 e. The number of halogens is 1. The van der Waals surface area contributed by atoms with Crippen LogP contribution in [0.2, 0.25) is 0 Å². The van der Waals surface area contributed by atoms with Crippen molar-refractivity contribution in [2.45, 2.75) is 5.16 Å². The first kappa shape index (κ1) is 17.0. The molecule has 2 heterocycles. The molecule has 0 bridgehead atoms. The van der Waals surface area contributed by atoms with Crippen molar-refractivity contribution in [2.24, 2.45) is 0 Å². The SMILES string of the molecule is CSc1ncc(C(=O)Cl)c(Nc2ccc(N3CCOCC3)cc2)n1. The summed E-state index contributed by atoms with van der Waals surface area (Å²) in [4.78, 5) is 22.2. The first-order valence-corrected chi connectivity index (χ1v) is 9.08. The lowest BCUT2D eigenvalue weighted by molar-refractivity contribution is 0.108. The summed E-state index contributed by atoms with van der Waals surface area (Å²) in [6.07, 6.45) is 3.32. The van der Waals surface area contributed by atoms with Gasteiger partial charge in [0.2, 0.25) is 0 Å². The predicted octanol–water partition coefficient (Wildman–Crippen LogP) is 3.16. The van der Waals surface area contributed by atoms with Crippen LogP contribution in [-0.4, -0.2) is 47.8 Å². The Balaban J connectivity index is 1.79.